The summed E-state index contributed by atoms with van der Waals surface area (Å²) in [6.07, 6.45) is 4.54. The zero-order chi connectivity index (χ0) is 14.1. The summed E-state index contributed by atoms with van der Waals surface area (Å²) in [5, 5.41) is 9.24. The van der Waals surface area contributed by atoms with Gasteiger partial charge in [0.15, 0.2) is 5.60 Å². The molecule has 0 aromatic heterocycles. The van der Waals surface area contributed by atoms with E-state index in [4.69, 9.17) is 14.2 Å². The third-order valence-corrected chi connectivity index (χ3v) is 4.81. The van der Waals surface area contributed by atoms with E-state index >= 15 is 0 Å². The maximum atomic E-state index is 12.0. The number of carbonyl (C=O) groups excluding carboxylic acids is 1. The molecule has 1 aliphatic carbocycles. The van der Waals surface area contributed by atoms with Crippen LogP contribution in [0, 0.1) is 17.8 Å². The maximum Gasteiger partial charge on any atom is 0.335 e. The lowest BCUT2D eigenvalue weighted by Crippen LogP contribution is -2.43. The molecule has 0 amide bonds. The molecule has 6 heteroatoms. The number of aliphatic carboxylic acids is 1. The van der Waals surface area contributed by atoms with Gasteiger partial charge in [-0.1, -0.05) is 13.0 Å². The summed E-state index contributed by atoms with van der Waals surface area (Å²) in [6.45, 7) is 1.91. The highest BCUT2D eigenvalue weighted by atomic mass is 16.7. The lowest BCUT2D eigenvalue weighted by Gasteiger charge is -2.32. The highest BCUT2D eigenvalue weighted by molar-refractivity contribution is 5.88. The third-order valence-electron chi connectivity index (χ3n) is 4.81. The fourth-order valence-electron chi connectivity index (χ4n) is 3.92. The van der Waals surface area contributed by atoms with Gasteiger partial charge in [0.05, 0.1) is 23.7 Å². The van der Waals surface area contributed by atoms with Crippen molar-refractivity contribution in [2.24, 2.45) is 17.8 Å². The highest BCUT2D eigenvalue weighted by Gasteiger charge is 2.71. The number of ether oxygens (including phenoxy) is 3. The molecule has 0 aromatic carbocycles. The monoisotopic (exact) mass is 278 g/mol. The Kier molecular flexibility index (Phi) is 2.17. The van der Waals surface area contributed by atoms with Crippen LogP contribution in [0.25, 0.3) is 0 Å². The second-order valence-electron chi connectivity index (χ2n) is 5.64. The van der Waals surface area contributed by atoms with Crippen molar-refractivity contribution in [1.29, 1.82) is 0 Å². The summed E-state index contributed by atoms with van der Waals surface area (Å²) in [4.78, 5) is 23.3. The molecule has 0 bridgehead atoms. The Morgan fingerprint density at radius 1 is 1.50 bits per heavy atom. The molecule has 0 radical (unpaired) electrons. The van der Waals surface area contributed by atoms with Crippen LogP contribution in [0.5, 0.6) is 0 Å². The van der Waals surface area contributed by atoms with Crippen molar-refractivity contribution in [3.63, 3.8) is 0 Å². The fraction of sp³-hybridized carbons (Fsp3) is 0.571. The van der Waals surface area contributed by atoms with E-state index in [-0.39, 0.29) is 29.3 Å². The van der Waals surface area contributed by atoms with Gasteiger partial charge in [-0.15, -0.1) is 0 Å². The number of allylic oxidation sites excluding steroid dienone is 1. The molecule has 20 heavy (non-hydrogen) atoms. The molecule has 0 aromatic rings. The van der Waals surface area contributed by atoms with Crippen LogP contribution in [0.3, 0.4) is 0 Å². The molecule has 4 rings (SSSR count). The van der Waals surface area contributed by atoms with Crippen LogP contribution in [0.15, 0.2) is 24.0 Å². The summed E-state index contributed by atoms with van der Waals surface area (Å²) < 4.78 is 16.9. The molecule has 0 unspecified atom stereocenters. The Balaban J connectivity index is 1.78. The van der Waals surface area contributed by atoms with Gasteiger partial charge in [-0.05, 0) is 12.5 Å². The smallest absolute Gasteiger partial charge is 0.335 e. The predicted octanol–water partition coefficient (Wildman–Crippen LogP) is 0.834. The molecular weight excluding hydrogens is 264 g/mol. The molecule has 1 N–H and O–H groups in total. The average molecular weight is 278 g/mol. The summed E-state index contributed by atoms with van der Waals surface area (Å²) in [5.74, 6) is -2.24. The zero-order valence-corrected chi connectivity index (χ0v) is 10.8. The Hall–Kier alpha value is -1.82. The lowest BCUT2D eigenvalue weighted by molar-refractivity contribution is -0.162. The number of esters is 1. The standard InChI is InChI=1S/C14H14O6/c1-2-6-10-14(20-12(6)17)4-3-7-8(11(15)16)5-18-13(19-10)9(7)14/h3-7,9-10,13H,2H2,1H3,(H,15,16)/t6-,7-,9-,10+,13-,14+/m1/s1. The van der Waals surface area contributed by atoms with Crippen LogP contribution in [0.1, 0.15) is 13.3 Å². The van der Waals surface area contributed by atoms with Crippen LogP contribution in [0.2, 0.25) is 0 Å². The van der Waals surface area contributed by atoms with Crippen molar-refractivity contribution < 1.29 is 28.9 Å². The normalized spacial score (nSPS) is 47.4. The second-order valence-corrected chi connectivity index (χ2v) is 5.64. The molecule has 2 saturated heterocycles. The topological polar surface area (TPSA) is 82.1 Å². The zero-order valence-electron chi connectivity index (χ0n) is 10.8. The quantitative estimate of drug-likeness (QED) is 0.595. The molecule has 6 nitrogen and oxygen atoms in total. The van der Waals surface area contributed by atoms with E-state index in [1.54, 1.807) is 12.2 Å². The summed E-state index contributed by atoms with van der Waals surface area (Å²) in [5.41, 5.74) is -0.679. The molecule has 6 atom stereocenters. The number of carboxylic acid groups (broad SMARTS) is 1. The Labute approximate surface area is 115 Å². The molecule has 0 saturated carbocycles. The summed E-state index contributed by atoms with van der Waals surface area (Å²) in [7, 11) is 0. The minimum Gasteiger partial charge on any atom is -0.478 e. The van der Waals surface area contributed by atoms with Gasteiger partial charge in [0.2, 0.25) is 6.29 Å². The number of hydrogen-bond donors (Lipinski definition) is 1. The summed E-state index contributed by atoms with van der Waals surface area (Å²) >= 11 is 0. The predicted molar refractivity (Wildman–Crippen MR) is 64.2 cm³/mol. The first kappa shape index (κ1) is 12.0. The first-order valence-corrected chi connectivity index (χ1v) is 6.75. The van der Waals surface area contributed by atoms with Crippen molar-refractivity contribution in [2.75, 3.05) is 0 Å². The van der Waals surface area contributed by atoms with E-state index in [0.717, 1.165) is 0 Å². The number of carbonyl (C=O) groups is 2. The average Bonchev–Trinajstić information content (AvgIpc) is 3.00. The van der Waals surface area contributed by atoms with Gasteiger partial charge in [-0.2, -0.15) is 0 Å². The second kappa shape index (κ2) is 3.63. The summed E-state index contributed by atoms with van der Waals surface area (Å²) in [6, 6.07) is 0. The first-order valence-electron chi connectivity index (χ1n) is 6.75. The van der Waals surface area contributed by atoms with Crippen molar-refractivity contribution in [2.45, 2.75) is 31.3 Å². The Bertz CT molecular complexity index is 564. The van der Waals surface area contributed by atoms with Gasteiger partial charge in [-0.3, -0.25) is 4.79 Å². The molecule has 106 valence electrons. The van der Waals surface area contributed by atoms with Crippen molar-refractivity contribution in [1.82, 2.24) is 0 Å². The van der Waals surface area contributed by atoms with E-state index < -0.39 is 24.0 Å². The van der Waals surface area contributed by atoms with E-state index in [0.29, 0.717) is 6.42 Å². The Morgan fingerprint density at radius 2 is 2.30 bits per heavy atom. The van der Waals surface area contributed by atoms with Gasteiger partial charge in [0.25, 0.3) is 0 Å². The maximum absolute atomic E-state index is 12.0. The van der Waals surface area contributed by atoms with Crippen molar-refractivity contribution in [3.8, 4) is 0 Å². The SMILES string of the molecule is CC[C@H]1C(=O)O[C@]23C=C[C@@H]4C(C(=O)O)=CO[C@H](O[C@@H]12)[C@@H]43. The van der Waals surface area contributed by atoms with E-state index in [9.17, 15) is 14.7 Å². The molecule has 4 aliphatic rings. The van der Waals surface area contributed by atoms with Gasteiger partial charge < -0.3 is 19.3 Å². The van der Waals surface area contributed by atoms with Gasteiger partial charge in [-0.25, -0.2) is 4.79 Å². The largest absolute Gasteiger partial charge is 0.478 e. The van der Waals surface area contributed by atoms with Crippen molar-refractivity contribution >= 4 is 11.9 Å². The van der Waals surface area contributed by atoms with E-state index in [1.807, 2.05) is 6.92 Å². The molecule has 3 aliphatic heterocycles. The number of rotatable bonds is 2. The molecule has 1 spiro atoms. The molecular formula is C14H14O6. The van der Waals surface area contributed by atoms with Crippen LogP contribution in [-0.2, 0) is 23.8 Å². The minimum atomic E-state index is -1.02. The first-order chi connectivity index (χ1) is 9.58. The van der Waals surface area contributed by atoms with E-state index in [2.05, 4.69) is 0 Å². The fourth-order valence-corrected chi connectivity index (χ4v) is 3.92. The number of hydrogen-bond acceptors (Lipinski definition) is 5. The van der Waals surface area contributed by atoms with E-state index in [1.165, 1.54) is 6.26 Å². The number of carboxylic acids is 1. The van der Waals surface area contributed by atoms with Crippen LogP contribution >= 0.6 is 0 Å². The Morgan fingerprint density at radius 3 is 3.00 bits per heavy atom. The van der Waals surface area contributed by atoms with Crippen LogP contribution in [0.4, 0.5) is 0 Å². The third kappa shape index (κ3) is 1.18. The van der Waals surface area contributed by atoms with Gasteiger partial charge in [0, 0.05) is 5.92 Å². The molecule has 2 fully saturated rings. The molecule has 3 heterocycles. The van der Waals surface area contributed by atoms with Gasteiger partial charge in [0.1, 0.15) is 6.10 Å². The lowest BCUT2D eigenvalue weighted by atomic mass is 9.77. The van der Waals surface area contributed by atoms with Crippen molar-refractivity contribution in [3.05, 3.63) is 24.0 Å². The van der Waals surface area contributed by atoms with Gasteiger partial charge >= 0.3 is 11.9 Å². The highest BCUT2D eigenvalue weighted by Crippen LogP contribution is 2.58. The van der Waals surface area contributed by atoms with Crippen LogP contribution < -0.4 is 0 Å². The minimum absolute atomic E-state index is 0.180. The van der Waals surface area contributed by atoms with Crippen LogP contribution in [-0.4, -0.2) is 35.0 Å².